The lowest BCUT2D eigenvalue weighted by atomic mass is 9.94. The third-order valence-electron chi connectivity index (χ3n) is 5.31. The van der Waals surface area contributed by atoms with Crippen molar-refractivity contribution in [1.29, 1.82) is 5.41 Å². The Kier molecular flexibility index (Phi) is 6.97. The van der Waals surface area contributed by atoms with Crippen molar-refractivity contribution in [3.63, 3.8) is 0 Å². The molecule has 0 aliphatic heterocycles. The standard InChI is InChI=1S/C23H25FN4O4S/c1-5-33(30,31)27-21-9-18(22(32-4)10-20(21)24)19-13-28(3)23(29)16-7-6-14(8-17(16)19)15(11-25)12-26-2/h6-13,15,25,27H,5H2,1-4H3. The summed E-state index contributed by atoms with van der Waals surface area (Å²) in [6, 6.07) is 7.67. The van der Waals surface area contributed by atoms with Crippen LogP contribution in [0.2, 0.25) is 0 Å². The number of hydrogen-bond donors (Lipinski definition) is 2. The zero-order valence-electron chi connectivity index (χ0n) is 18.7. The van der Waals surface area contributed by atoms with Gasteiger partial charge < -0.3 is 14.7 Å². The molecule has 0 bridgehead atoms. The molecule has 174 valence electrons. The van der Waals surface area contributed by atoms with E-state index in [1.807, 2.05) is 0 Å². The van der Waals surface area contributed by atoms with E-state index in [1.54, 1.807) is 44.7 Å². The quantitative estimate of drug-likeness (QED) is 0.488. The van der Waals surface area contributed by atoms with E-state index in [9.17, 15) is 17.6 Å². The van der Waals surface area contributed by atoms with E-state index in [-0.39, 0.29) is 22.7 Å². The summed E-state index contributed by atoms with van der Waals surface area (Å²) in [6.07, 6.45) is 4.45. The monoisotopic (exact) mass is 472 g/mol. The van der Waals surface area contributed by atoms with E-state index in [1.165, 1.54) is 30.9 Å². The van der Waals surface area contributed by atoms with Crippen molar-refractivity contribution in [2.24, 2.45) is 12.0 Å². The van der Waals surface area contributed by atoms with Crippen LogP contribution < -0.4 is 15.0 Å². The summed E-state index contributed by atoms with van der Waals surface area (Å²) in [5.41, 5.74) is 1.23. The molecule has 1 aromatic heterocycles. The average Bonchev–Trinajstić information content (AvgIpc) is 2.80. The van der Waals surface area contributed by atoms with Gasteiger partial charge in [0.05, 0.1) is 24.5 Å². The third kappa shape index (κ3) is 4.80. The largest absolute Gasteiger partial charge is 0.496 e. The van der Waals surface area contributed by atoms with Crippen LogP contribution in [0.5, 0.6) is 5.75 Å². The minimum absolute atomic E-state index is 0.177. The highest BCUT2D eigenvalue weighted by Gasteiger charge is 2.20. The molecule has 0 saturated heterocycles. The highest BCUT2D eigenvalue weighted by atomic mass is 32.2. The van der Waals surface area contributed by atoms with E-state index < -0.39 is 21.8 Å². The zero-order valence-corrected chi connectivity index (χ0v) is 19.5. The molecule has 0 aliphatic rings. The first kappa shape index (κ1) is 24.1. The average molecular weight is 473 g/mol. The van der Waals surface area contributed by atoms with Gasteiger partial charge in [-0.25, -0.2) is 12.8 Å². The van der Waals surface area contributed by atoms with Gasteiger partial charge >= 0.3 is 0 Å². The summed E-state index contributed by atoms with van der Waals surface area (Å²) in [6.45, 7) is 1.45. The van der Waals surface area contributed by atoms with Crippen molar-refractivity contribution < 1.29 is 17.5 Å². The lowest BCUT2D eigenvalue weighted by Gasteiger charge is -2.17. The summed E-state index contributed by atoms with van der Waals surface area (Å²) < 4.78 is 47.8. The molecule has 0 amide bonds. The fourth-order valence-electron chi connectivity index (χ4n) is 3.54. The summed E-state index contributed by atoms with van der Waals surface area (Å²) in [7, 11) is 0.867. The number of ether oxygens (including phenoxy) is 1. The van der Waals surface area contributed by atoms with Gasteiger partial charge in [-0.1, -0.05) is 6.07 Å². The summed E-state index contributed by atoms with van der Waals surface area (Å²) >= 11 is 0. The van der Waals surface area contributed by atoms with Gasteiger partial charge in [-0.15, -0.1) is 0 Å². The molecule has 3 aromatic rings. The molecular formula is C23H25FN4O4S. The van der Waals surface area contributed by atoms with Crippen LogP contribution in [0.3, 0.4) is 0 Å². The Hall–Kier alpha value is -3.53. The van der Waals surface area contributed by atoms with E-state index in [2.05, 4.69) is 9.71 Å². The first-order valence-corrected chi connectivity index (χ1v) is 11.8. The van der Waals surface area contributed by atoms with Crippen LogP contribution in [-0.4, -0.2) is 45.3 Å². The van der Waals surface area contributed by atoms with Crippen molar-refractivity contribution >= 4 is 38.9 Å². The number of hydrogen-bond acceptors (Lipinski definition) is 6. The number of rotatable bonds is 8. The normalized spacial score (nSPS) is 12.8. The second kappa shape index (κ2) is 9.53. The van der Waals surface area contributed by atoms with Gasteiger partial charge in [0.25, 0.3) is 5.56 Å². The van der Waals surface area contributed by atoms with Crippen molar-refractivity contribution in [3.05, 3.63) is 58.3 Å². The Morgan fingerprint density at radius 2 is 1.97 bits per heavy atom. The Morgan fingerprint density at radius 1 is 1.24 bits per heavy atom. The lowest BCUT2D eigenvalue weighted by molar-refractivity contribution is 0.413. The van der Waals surface area contributed by atoms with Gasteiger partial charge in [0.1, 0.15) is 5.75 Å². The number of pyridine rings is 1. The SMILES string of the molecule is CCS(=O)(=O)Nc1cc(-c2cn(C)c(=O)c3ccc(C(C=N)C=NC)cc23)c(OC)cc1F. The molecule has 3 rings (SSSR count). The Balaban J connectivity index is 2.37. The molecule has 2 N–H and O–H groups in total. The number of fused-ring (bicyclic) bond motifs is 1. The number of methoxy groups -OCH3 is 1. The highest BCUT2D eigenvalue weighted by Crippen LogP contribution is 2.38. The van der Waals surface area contributed by atoms with Gasteiger partial charge in [0.2, 0.25) is 10.0 Å². The smallest absolute Gasteiger partial charge is 0.258 e. The number of aliphatic imine (C=N–C) groups is 1. The van der Waals surface area contributed by atoms with E-state index in [0.717, 1.165) is 11.6 Å². The molecule has 0 saturated carbocycles. The highest BCUT2D eigenvalue weighted by molar-refractivity contribution is 7.92. The number of sulfonamides is 1. The third-order valence-corrected chi connectivity index (χ3v) is 6.60. The molecule has 8 nitrogen and oxygen atoms in total. The number of benzene rings is 2. The van der Waals surface area contributed by atoms with Crippen LogP contribution in [0.4, 0.5) is 10.1 Å². The van der Waals surface area contributed by atoms with Crippen molar-refractivity contribution in [3.8, 4) is 16.9 Å². The van der Waals surface area contributed by atoms with Gasteiger partial charge in [0, 0.05) is 55.3 Å². The Bertz CT molecular complexity index is 1410. The number of anilines is 1. The van der Waals surface area contributed by atoms with E-state index in [0.29, 0.717) is 21.9 Å². The van der Waals surface area contributed by atoms with Crippen LogP contribution in [0, 0.1) is 11.2 Å². The fourth-order valence-corrected chi connectivity index (χ4v) is 4.18. The number of halogens is 1. The summed E-state index contributed by atoms with van der Waals surface area (Å²) in [4.78, 5) is 16.8. The van der Waals surface area contributed by atoms with Gasteiger partial charge in [-0.3, -0.25) is 14.5 Å². The molecule has 0 fully saturated rings. The molecule has 10 heteroatoms. The topological polar surface area (TPSA) is 114 Å². The first-order chi connectivity index (χ1) is 15.6. The maximum absolute atomic E-state index is 14.7. The van der Waals surface area contributed by atoms with E-state index >= 15 is 0 Å². The maximum atomic E-state index is 14.7. The van der Waals surface area contributed by atoms with Crippen molar-refractivity contribution in [2.75, 3.05) is 24.6 Å². The molecule has 33 heavy (non-hydrogen) atoms. The number of nitrogens with one attached hydrogen (secondary N) is 2. The second-order valence-corrected chi connectivity index (χ2v) is 9.41. The van der Waals surface area contributed by atoms with Crippen LogP contribution in [-0.2, 0) is 17.1 Å². The molecule has 1 heterocycles. The predicted octanol–water partition coefficient (Wildman–Crippen LogP) is 3.55. The Labute approximate surface area is 191 Å². The molecule has 1 unspecified atom stereocenters. The van der Waals surface area contributed by atoms with Gasteiger partial charge in [-0.2, -0.15) is 0 Å². The van der Waals surface area contributed by atoms with E-state index in [4.69, 9.17) is 10.1 Å². The molecule has 0 aliphatic carbocycles. The van der Waals surface area contributed by atoms with Crippen LogP contribution >= 0.6 is 0 Å². The molecule has 0 spiro atoms. The summed E-state index contributed by atoms with van der Waals surface area (Å²) in [5, 5.41) is 8.68. The molecule has 2 aromatic carbocycles. The van der Waals surface area contributed by atoms with Crippen LogP contribution in [0.25, 0.3) is 21.9 Å². The lowest BCUT2D eigenvalue weighted by Crippen LogP contribution is -2.17. The maximum Gasteiger partial charge on any atom is 0.258 e. The molecular weight excluding hydrogens is 447 g/mol. The number of aromatic nitrogens is 1. The minimum Gasteiger partial charge on any atom is -0.496 e. The van der Waals surface area contributed by atoms with Crippen LogP contribution in [0.1, 0.15) is 18.4 Å². The first-order valence-electron chi connectivity index (χ1n) is 10.1. The van der Waals surface area contributed by atoms with Gasteiger partial charge in [-0.05, 0) is 36.1 Å². The summed E-state index contributed by atoms with van der Waals surface area (Å²) in [5.74, 6) is -1.22. The van der Waals surface area contributed by atoms with Crippen molar-refractivity contribution in [1.82, 2.24) is 4.57 Å². The number of aryl methyl sites for hydroxylation is 1. The van der Waals surface area contributed by atoms with Gasteiger partial charge in [0.15, 0.2) is 5.82 Å². The predicted molar refractivity (Wildman–Crippen MR) is 130 cm³/mol. The van der Waals surface area contributed by atoms with Crippen LogP contribution in [0.15, 0.2) is 46.3 Å². The molecule has 0 radical (unpaired) electrons. The second-order valence-electron chi connectivity index (χ2n) is 7.40. The Morgan fingerprint density at radius 3 is 2.58 bits per heavy atom. The molecule has 1 atom stereocenters. The fraction of sp³-hybridized carbons (Fsp3) is 0.261. The zero-order chi connectivity index (χ0) is 24.3. The van der Waals surface area contributed by atoms with Crippen molar-refractivity contribution in [2.45, 2.75) is 12.8 Å². The number of nitrogens with zero attached hydrogens (tertiary/aromatic N) is 2. The minimum atomic E-state index is -3.72.